The second-order valence-corrected chi connectivity index (χ2v) is 6.50. The van der Waals surface area contributed by atoms with E-state index in [1.807, 2.05) is 19.1 Å². The highest BCUT2D eigenvalue weighted by molar-refractivity contribution is 5.96. The normalized spacial score (nSPS) is 12.3. The summed E-state index contributed by atoms with van der Waals surface area (Å²) in [7, 11) is 2.33. The van der Waals surface area contributed by atoms with Crippen molar-refractivity contribution in [3.63, 3.8) is 0 Å². The Bertz CT molecular complexity index is 619. The van der Waals surface area contributed by atoms with Crippen LogP contribution in [0.25, 0.3) is 0 Å². The Hall–Kier alpha value is -2.57. The molecule has 7 nitrogen and oxygen atoms in total. The molecule has 0 saturated carbocycles. The van der Waals surface area contributed by atoms with Crippen molar-refractivity contribution in [1.82, 2.24) is 5.32 Å². The molecule has 138 valence electrons. The quantitative estimate of drug-likeness (QED) is 0.498. The van der Waals surface area contributed by atoms with Crippen molar-refractivity contribution >= 4 is 18.0 Å². The van der Waals surface area contributed by atoms with E-state index in [0.717, 1.165) is 5.56 Å². The van der Waals surface area contributed by atoms with Gasteiger partial charge in [-0.2, -0.15) is 0 Å². The average Bonchev–Trinajstić information content (AvgIpc) is 2.52. The molecule has 0 radical (unpaired) electrons. The number of hydrogen-bond acceptors (Lipinski definition) is 6. The van der Waals surface area contributed by atoms with Crippen molar-refractivity contribution in [2.45, 2.75) is 39.3 Å². The molecule has 0 aliphatic carbocycles. The molecule has 1 atom stereocenters. The third-order valence-corrected chi connectivity index (χ3v) is 3.44. The highest BCUT2D eigenvalue weighted by Crippen LogP contribution is 2.28. The smallest absolute Gasteiger partial charge is 0.408 e. The summed E-state index contributed by atoms with van der Waals surface area (Å²) in [4.78, 5) is 36.6. The molecule has 0 aromatic heterocycles. The van der Waals surface area contributed by atoms with Gasteiger partial charge < -0.3 is 19.5 Å². The Morgan fingerprint density at radius 1 is 1.00 bits per heavy atom. The zero-order valence-corrected chi connectivity index (χ0v) is 15.4. The molecule has 1 N–H and O–H groups in total. The van der Waals surface area contributed by atoms with Crippen LogP contribution in [-0.4, -0.2) is 37.9 Å². The van der Waals surface area contributed by atoms with Crippen LogP contribution < -0.4 is 5.32 Å². The summed E-state index contributed by atoms with van der Waals surface area (Å²) < 4.78 is 14.7. The summed E-state index contributed by atoms with van der Waals surface area (Å²) >= 11 is 0. The first kappa shape index (κ1) is 20.5. The lowest BCUT2D eigenvalue weighted by molar-refractivity contribution is -0.160. The minimum atomic E-state index is -1.36. The maximum Gasteiger partial charge on any atom is 0.408 e. The number of rotatable bonds is 5. The maximum atomic E-state index is 12.2. The summed E-state index contributed by atoms with van der Waals surface area (Å²) in [5, 5.41) is 2.60. The fourth-order valence-corrected chi connectivity index (χ4v) is 2.33. The van der Waals surface area contributed by atoms with E-state index in [1.165, 1.54) is 14.2 Å². The SMILES string of the molecule is COC(=O)C(C(=O)OC)[C@@H](NC(=O)OC(C)(C)C)c1ccccc1C. The van der Waals surface area contributed by atoms with Gasteiger partial charge in [-0.1, -0.05) is 24.3 Å². The fourth-order valence-electron chi connectivity index (χ4n) is 2.33. The van der Waals surface area contributed by atoms with E-state index in [2.05, 4.69) is 5.32 Å². The number of ether oxygens (including phenoxy) is 3. The first-order valence-electron chi connectivity index (χ1n) is 7.81. The van der Waals surface area contributed by atoms with E-state index in [-0.39, 0.29) is 0 Å². The Morgan fingerprint density at radius 2 is 1.52 bits per heavy atom. The van der Waals surface area contributed by atoms with Crippen LogP contribution in [-0.2, 0) is 23.8 Å². The van der Waals surface area contributed by atoms with Crippen LogP contribution in [0, 0.1) is 12.8 Å². The van der Waals surface area contributed by atoms with Gasteiger partial charge in [0, 0.05) is 0 Å². The predicted octanol–water partition coefficient (Wildman–Crippen LogP) is 2.52. The van der Waals surface area contributed by atoms with E-state index in [1.54, 1.807) is 32.9 Å². The van der Waals surface area contributed by atoms with Gasteiger partial charge in [0.15, 0.2) is 5.92 Å². The van der Waals surface area contributed by atoms with Crippen LogP contribution in [0.4, 0.5) is 4.79 Å². The Morgan fingerprint density at radius 3 is 1.96 bits per heavy atom. The molecule has 7 heteroatoms. The van der Waals surface area contributed by atoms with Gasteiger partial charge in [-0.3, -0.25) is 9.59 Å². The number of esters is 2. The summed E-state index contributed by atoms with van der Waals surface area (Å²) in [5.41, 5.74) is 0.655. The number of methoxy groups -OCH3 is 2. The standard InChI is InChI=1S/C18H25NO6/c1-11-9-7-8-10-12(11)14(19-17(22)25-18(2,3)4)13(15(20)23-5)16(21)24-6/h7-10,13-14H,1-6H3,(H,19,22)/t14-/m0/s1. The third kappa shape index (κ3) is 5.77. The molecule has 25 heavy (non-hydrogen) atoms. The van der Waals surface area contributed by atoms with Crippen LogP contribution >= 0.6 is 0 Å². The average molecular weight is 351 g/mol. The van der Waals surface area contributed by atoms with Crippen molar-refractivity contribution in [3.8, 4) is 0 Å². The number of carbonyl (C=O) groups excluding carboxylic acids is 3. The molecule has 0 saturated heterocycles. The minimum absolute atomic E-state index is 0.592. The first-order valence-corrected chi connectivity index (χ1v) is 7.81. The van der Waals surface area contributed by atoms with Gasteiger partial charge in [-0.15, -0.1) is 0 Å². The lowest BCUT2D eigenvalue weighted by atomic mass is 9.90. The van der Waals surface area contributed by atoms with Gasteiger partial charge in [0.05, 0.1) is 20.3 Å². The Labute approximate surface area is 147 Å². The highest BCUT2D eigenvalue weighted by atomic mass is 16.6. The summed E-state index contributed by atoms with van der Waals surface area (Å²) in [6.07, 6.45) is -0.751. The van der Waals surface area contributed by atoms with E-state index in [4.69, 9.17) is 14.2 Å². The third-order valence-electron chi connectivity index (χ3n) is 3.44. The zero-order valence-electron chi connectivity index (χ0n) is 15.4. The summed E-state index contributed by atoms with van der Waals surface area (Å²) in [5.74, 6) is -2.98. The molecule has 0 aliphatic rings. The van der Waals surface area contributed by atoms with Crippen molar-refractivity contribution in [1.29, 1.82) is 0 Å². The molecule has 0 bridgehead atoms. The van der Waals surface area contributed by atoms with Crippen LogP contribution in [0.2, 0.25) is 0 Å². The summed E-state index contributed by atoms with van der Waals surface area (Å²) in [6, 6.07) is 6.10. The van der Waals surface area contributed by atoms with Crippen LogP contribution in [0.3, 0.4) is 0 Å². The molecule has 0 fully saturated rings. The number of amides is 1. The summed E-state index contributed by atoms with van der Waals surface area (Å²) in [6.45, 7) is 6.96. The first-order chi connectivity index (χ1) is 11.6. The number of hydrogen-bond donors (Lipinski definition) is 1. The number of aryl methyl sites for hydroxylation is 1. The van der Waals surface area contributed by atoms with E-state index in [0.29, 0.717) is 5.56 Å². The molecular formula is C18H25NO6. The van der Waals surface area contributed by atoms with Gasteiger partial charge in [-0.05, 0) is 38.8 Å². The van der Waals surface area contributed by atoms with E-state index in [9.17, 15) is 14.4 Å². The topological polar surface area (TPSA) is 90.9 Å². The maximum absolute atomic E-state index is 12.2. The van der Waals surface area contributed by atoms with Crippen LogP contribution in [0.5, 0.6) is 0 Å². The second-order valence-electron chi connectivity index (χ2n) is 6.50. The largest absolute Gasteiger partial charge is 0.468 e. The van der Waals surface area contributed by atoms with Crippen molar-refractivity contribution < 1.29 is 28.6 Å². The number of alkyl carbamates (subject to hydrolysis) is 1. The lowest BCUT2D eigenvalue weighted by Gasteiger charge is -2.28. The van der Waals surface area contributed by atoms with Gasteiger partial charge in [0.25, 0.3) is 0 Å². The van der Waals surface area contributed by atoms with Crippen LogP contribution in [0.15, 0.2) is 24.3 Å². The lowest BCUT2D eigenvalue weighted by Crippen LogP contribution is -2.43. The molecule has 0 spiro atoms. The molecule has 0 unspecified atom stereocenters. The predicted molar refractivity (Wildman–Crippen MR) is 90.8 cm³/mol. The highest BCUT2D eigenvalue weighted by Gasteiger charge is 2.40. The van der Waals surface area contributed by atoms with Gasteiger partial charge >= 0.3 is 18.0 Å². The van der Waals surface area contributed by atoms with Crippen molar-refractivity contribution in [2.75, 3.05) is 14.2 Å². The molecule has 0 heterocycles. The van der Waals surface area contributed by atoms with Gasteiger partial charge in [0.1, 0.15) is 5.60 Å². The number of benzene rings is 1. The molecular weight excluding hydrogens is 326 g/mol. The molecule has 0 aliphatic heterocycles. The van der Waals surface area contributed by atoms with Crippen molar-refractivity contribution in [3.05, 3.63) is 35.4 Å². The molecule has 1 aromatic carbocycles. The van der Waals surface area contributed by atoms with Crippen molar-refractivity contribution in [2.24, 2.45) is 5.92 Å². The Balaban J connectivity index is 3.31. The van der Waals surface area contributed by atoms with Gasteiger partial charge in [-0.25, -0.2) is 4.79 Å². The monoisotopic (exact) mass is 351 g/mol. The Kier molecular flexibility index (Phi) is 6.97. The number of nitrogens with one attached hydrogen (secondary N) is 1. The van der Waals surface area contributed by atoms with Crippen LogP contribution in [0.1, 0.15) is 37.9 Å². The zero-order chi connectivity index (χ0) is 19.2. The molecule has 1 aromatic rings. The fraction of sp³-hybridized carbons (Fsp3) is 0.500. The van der Waals surface area contributed by atoms with E-state index < -0.39 is 35.6 Å². The second kappa shape index (κ2) is 8.50. The molecule has 1 amide bonds. The molecule has 1 rings (SSSR count). The van der Waals surface area contributed by atoms with E-state index >= 15 is 0 Å². The number of carbonyl (C=O) groups is 3. The van der Waals surface area contributed by atoms with Gasteiger partial charge in [0.2, 0.25) is 0 Å². The minimum Gasteiger partial charge on any atom is -0.468 e.